The number of anilines is 3. The molecule has 1 atom stereocenters. The van der Waals surface area contributed by atoms with Crippen LogP contribution in [0, 0.1) is 6.92 Å². The number of aromatic nitrogens is 3. The standard InChI is InChI=1S/C19H25N5O3S/c1-13-21-16(23-19-20-11-15(12-25)28-19)10-17(22-13)24-7-5-14(6-8-24)27-18-4-2-3-9-26-18/h10-12,14,18H,2-9H2,1H3,(H,20,21,22,23)/t18-/m0/s1. The number of carbonyl (C=O) groups excluding carboxylic acids is 1. The van der Waals surface area contributed by atoms with Crippen LogP contribution in [0.4, 0.5) is 16.8 Å². The van der Waals surface area contributed by atoms with Crippen LogP contribution in [0.25, 0.3) is 0 Å². The zero-order valence-corrected chi connectivity index (χ0v) is 16.8. The lowest BCUT2D eigenvalue weighted by Gasteiger charge is -2.35. The molecule has 2 aliphatic rings. The van der Waals surface area contributed by atoms with E-state index in [9.17, 15) is 4.79 Å². The molecule has 2 fully saturated rings. The maximum Gasteiger partial charge on any atom is 0.188 e. The molecule has 8 nitrogen and oxygen atoms in total. The Morgan fingerprint density at radius 2 is 2.14 bits per heavy atom. The molecule has 4 rings (SSSR count). The van der Waals surface area contributed by atoms with Crippen LogP contribution in [-0.2, 0) is 9.47 Å². The second kappa shape index (κ2) is 8.93. The van der Waals surface area contributed by atoms with Gasteiger partial charge in [0.25, 0.3) is 0 Å². The Morgan fingerprint density at radius 3 is 2.86 bits per heavy atom. The monoisotopic (exact) mass is 403 g/mol. The van der Waals surface area contributed by atoms with E-state index in [2.05, 4.69) is 25.2 Å². The normalized spacial score (nSPS) is 20.9. The highest BCUT2D eigenvalue weighted by molar-refractivity contribution is 7.17. The van der Waals surface area contributed by atoms with E-state index in [-0.39, 0.29) is 12.4 Å². The smallest absolute Gasteiger partial charge is 0.188 e. The molecule has 0 aromatic carbocycles. The van der Waals surface area contributed by atoms with Gasteiger partial charge in [0.2, 0.25) is 0 Å². The fraction of sp³-hybridized carbons (Fsp3) is 0.579. The molecule has 2 aliphatic heterocycles. The van der Waals surface area contributed by atoms with Crippen LogP contribution in [0.2, 0.25) is 0 Å². The molecular weight excluding hydrogens is 378 g/mol. The predicted octanol–water partition coefficient (Wildman–Crippen LogP) is 3.31. The largest absolute Gasteiger partial charge is 0.356 e. The van der Waals surface area contributed by atoms with E-state index in [1.807, 2.05) is 13.0 Å². The summed E-state index contributed by atoms with van der Waals surface area (Å²) in [4.78, 5) is 26.9. The molecule has 0 amide bonds. The summed E-state index contributed by atoms with van der Waals surface area (Å²) in [6.07, 6.45) is 7.81. The second-order valence-electron chi connectivity index (χ2n) is 7.09. The highest BCUT2D eigenvalue weighted by Crippen LogP contribution is 2.26. The lowest BCUT2D eigenvalue weighted by molar-refractivity contribution is -0.191. The van der Waals surface area contributed by atoms with Crippen molar-refractivity contribution in [2.24, 2.45) is 0 Å². The summed E-state index contributed by atoms with van der Waals surface area (Å²) in [5, 5.41) is 3.82. The van der Waals surface area contributed by atoms with Gasteiger partial charge in [0.05, 0.1) is 17.2 Å². The number of rotatable bonds is 6. The summed E-state index contributed by atoms with van der Waals surface area (Å²) in [5.74, 6) is 2.28. The third-order valence-electron chi connectivity index (χ3n) is 4.95. The predicted molar refractivity (Wildman–Crippen MR) is 107 cm³/mol. The third kappa shape index (κ3) is 4.84. The quantitative estimate of drug-likeness (QED) is 0.735. The van der Waals surface area contributed by atoms with Crippen molar-refractivity contribution in [1.82, 2.24) is 15.0 Å². The van der Waals surface area contributed by atoms with Crippen LogP contribution in [0.3, 0.4) is 0 Å². The third-order valence-corrected chi connectivity index (χ3v) is 5.79. The number of nitrogens with one attached hydrogen (secondary N) is 1. The van der Waals surface area contributed by atoms with Crippen molar-refractivity contribution >= 4 is 34.4 Å². The molecule has 0 unspecified atom stereocenters. The van der Waals surface area contributed by atoms with Gasteiger partial charge in [-0.3, -0.25) is 4.79 Å². The van der Waals surface area contributed by atoms with Crippen LogP contribution >= 0.6 is 11.3 Å². The van der Waals surface area contributed by atoms with Gasteiger partial charge in [-0.15, -0.1) is 0 Å². The lowest BCUT2D eigenvalue weighted by atomic mass is 10.1. The van der Waals surface area contributed by atoms with Crippen molar-refractivity contribution in [2.45, 2.75) is 51.4 Å². The molecule has 2 saturated heterocycles. The Morgan fingerprint density at radius 1 is 1.29 bits per heavy atom. The van der Waals surface area contributed by atoms with E-state index in [4.69, 9.17) is 9.47 Å². The van der Waals surface area contributed by atoms with E-state index in [0.29, 0.717) is 21.7 Å². The van der Waals surface area contributed by atoms with Crippen molar-refractivity contribution in [3.8, 4) is 0 Å². The van der Waals surface area contributed by atoms with Gasteiger partial charge in [0, 0.05) is 25.8 Å². The van der Waals surface area contributed by atoms with Crippen LogP contribution in [0.5, 0.6) is 0 Å². The summed E-state index contributed by atoms with van der Waals surface area (Å²) in [7, 11) is 0. The van der Waals surface area contributed by atoms with Gasteiger partial charge in [-0.25, -0.2) is 15.0 Å². The van der Waals surface area contributed by atoms with Gasteiger partial charge in [0.15, 0.2) is 17.7 Å². The SMILES string of the molecule is Cc1nc(Nc2ncc(C=O)s2)cc(N2CCC(O[C@H]3CCCCO3)CC2)n1. The number of aryl methyl sites for hydroxylation is 1. The molecule has 0 aliphatic carbocycles. The summed E-state index contributed by atoms with van der Waals surface area (Å²) in [6, 6.07) is 1.93. The van der Waals surface area contributed by atoms with E-state index >= 15 is 0 Å². The van der Waals surface area contributed by atoms with Gasteiger partial charge < -0.3 is 19.7 Å². The highest BCUT2D eigenvalue weighted by atomic mass is 32.1. The number of carbonyl (C=O) groups is 1. The number of nitrogens with zero attached hydrogens (tertiary/aromatic N) is 4. The first-order chi connectivity index (χ1) is 13.7. The van der Waals surface area contributed by atoms with E-state index in [0.717, 1.165) is 57.5 Å². The number of hydrogen-bond acceptors (Lipinski definition) is 9. The zero-order chi connectivity index (χ0) is 19.3. The Bertz CT molecular complexity index is 801. The number of thiazole rings is 1. The molecule has 0 radical (unpaired) electrons. The molecule has 0 saturated carbocycles. The topological polar surface area (TPSA) is 89.5 Å². The van der Waals surface area contributed by atoms with Crippen molar-refractivity contribution in [3.63, 3.8) is 0 Å². The number of piperidine rings is 1. The van der Waals surface area contributed by atoms with Crippen molar-refractivity contribution in [1.29, 1.82) is 0 Å². The van der Waals surface area contributed by atoms with Crippen molar-refractivity contribution in [2.75, 3.05) is 29.9 Å². The lowest BCUT2D eigenvalue weighted by Crippen LogP contribution is -2.40. The van der Waals surface area contributed by atoms with Gasteiger partial charge in [-0.1, -0.05) is 11.3 Å². The van der Waals surface area contributed by atoms with Gasteiger partial charge >= 0.3 is 0 Å². The summed E-state index contributed by atoms with van der Waals surface area (Å²) < 4.78 is 11.8. The molecule has 0 spiro atoms. The zero-order valence-electron chi connectivity index (χ0n) is 16.0. The minimum absolute atomic E-state index is 0.0306. The van der Waals surface area contributed by atoms with Crippen LogP contribution in [0.1, 0.15) is 47.6 Å². The van der Waals surface area contributed by atoms with E-state index in [1.54, 1.807) is 6.20 Å². The molecule has 9 heteroatoms. The number of ether oxygens (including phenoxy) is 2. The number of aldehydes is 1. The molecule has 150 valence electrons. The summed E-state index contributed by atoms with van der Waals surface area (Å²) in [6.45, 7) is 4.47. The second-order valence-corrected chi connectivity index (χ2v) is 8.15. The average molecular weight is 404 g/mol. The Kier molecular flexibility index (Phi) is 6.13. The number of hydrogen-bond donors (Lipinski definition) is 1. The molecule has 2 aromatic heterocycles. The highest BCUT2D eigenvalue weighted by Gasteiger charge is 2.25. The van der Waals surface area contributed by atoms with Crippen molar-refractivity contribution in [3.05, 3.63) is 23.0 Å². The van der Waals surface area contributed by atoms with Gasteiger partial charge in [-0.2, -0.15) is 0 Å². The molecule has 2 aromatic rings. The minimum atomic E-state index is -0.0306. The first-order valence-electron chi connectivity index (χ1n) is 9.75. The van der Waals surface area contributed by atoms with Crippen LogP contribution in [-0.4, -0.2) is 53.3 Å². The van der Waals surface area contributed by atoms with Gasteiger partial charge in [0.1, 0.15) is 17.5 Å². The average Bonchev–Trinajstić information content (AvgIpc) is 3.16. The summed E-state index contributed by atoms with van der Waals surface area (Å²) in [5.41, 5.74) is 0. The van der Waals surface area contributed by atoms with Crippen LogP contribution in [0.15, 0.2) is 12.3 Å². The Balaban J connectivity index is 1.36. The molecule has 28 heavy (non-hydrogen) atoms. The fourth-order valence-corrected chi connectivity index (χ4v) is 4.18. The molecular formula is C19H25N5O3S. The molecule has 4 heterocycles. The van der Waals surface area contributed by atoms with E-state index < -0.39 is 0 Å². The Labute approximate surface area is 168 Å². The first kappa shape index (κ1) is 19.2. The maximum atomic E-state index is 10.8. The first-order valence-corrected chi connectivity index (χ1v) is 10.6. The maximum absolute atomic E-state index is 10.8. The Hall–Kier alpha value is -2.10. The molecule has 1 N–H and O–H groups in total. The molecule has 0 bridgehead atoms. The van der Waals surface area contributed by atoms with E-state index in [1.165, 1.54) is 17.8 Å². The van der Waals surface area contributed by atoms with Gasteiger partial charge in [-0.05, 0) is 39.0 Å². The minimum Gasteiger partial charge on any atom is -0.356 e. The fourth-order valence-electron chi connectivity index (χ4n) is 3.54. The van der Waals surface area contributed by atoms with Crippen LogP contribution < -0.4 is 10.2 Å². The van der Waals surface area contributed by atoms with Crippen molar-refractivity contribution < 1.29 is 14.3 Å². The summed E-state index contributed by atoms with van der Waals surface area (Å²) >= 11 is 1.30.